The van der Waals surface area contributed by atoms with Gasteiger partial charge in [-0.2, -0.15) is 13.2 Å². The number of rotatable bonds is 6. The molecule has 2 aromatic rings. The van der Waals surface area contributed by atoms with Gasteiger partial charge in [0, 0.05) is 16.5 Å². The number of ether oxygens (including phenoxy) is 2. The molecule has 1 heterocycles. The fourth-order valence-corrected chi connectivity index (χ4v) is 2.61. The Morgan fingerprint density at radius 3 is 2.64 bits per heavy atom. The lowest BCUT2D eigenvalue weighted by atomic mass is 10.1. The molecule has 0 amide bonds. The predicted octanol–water partition coefficient (Wildman–Crippen LogP) is 3.88. The van der Waals surface area contributed by atoms with Gasteiger partial charge in [0.2, 0.25) is 5.88 Å². The van der Waals surface area contributed by atoms with E-state index in [-0.39, 0.29) is 40.3 Å². The van der Waals surface area contributed by atoms with Crippen LogP contribution in [-0.4, -0.2) is 32.7 Å². The predicted molar refractivity (Wildman–Crippen MR) is 82.6 cm³/mol. The Morgan fingerprint density at radius 2 is 2.08 bits per heavy atom. The van der Waals surface area contributed by atoms with Crippen molar-refractivity contribution in [1.82, 2.24) is 9.94 Å². The zero-order valence-corrected chi connectivity index (χ0v) is 14.1. The Morgan fingerprint density at radius 1 is 1.36 bits per heavy atom. The summed E-state index contributed by atoms with van der Waals surface area (Å²) in [5.41, 5.74) is -4.52. The third kappa shape index (κ3) is 5.59. The molecule has 10 heteroatoms. The van der Waals surface area contributed by atoms with Crippen molar-refractivity contribution < 1.29 is 32.6 Å². The summed E-state index contributed by atoms with van der Waals surface area (Å²) in [7, 11) is 0. The molecule has 0 aliphatic rings. The quantitative estimate of drug-likeness (QED) is 0.469. The van der Waals surface area contributed by atoms with Gasteiger partial charge in [0.1, 0.15) is 6.61 Å². The lowest BCUT2D eigenvalue weighted by Gasteiger charge is -2.16. The van der Waals surface area contributed by atoms with Crippen LogP contribution in [0, 0.1) is 0 Å². The monoisotopic (exact) mass is 376 g/mol. The topological polar surface area (TPSA) is 73.6 Å². The minimum absolute atomic E-state index is 0.00233. The van der Waals surface area contributed by atoms with E-state index in [4.69, 9.17) is 14.7 Å². The van der Waals surface area contributed by atoms with Gasteiger partial charge in [-0.25, -0.2) is 4.79 Å². The van der Waals surface area contributed by atoms with Crippen molar-refractivity contribution in [1.29, 1.82) is 0 Å². The van der Waals surface area contributed by atoms with Crippen LogP contribution in [0.15, 0.2) is 35.4 Å². The van der Waals surface area contributed by atoms with E-state index in [0.717, 1.165) is 0 Å². The van der Waals surface area contributed by atoms with Crippen molar-refractivity contribution in [2.45, 2.75) is 37.0 Å². The third-order valence-corrected chi connectivity index (χ3v) is 3.67. The fourth-order valence-electron chi connectivity index (χ4n) is 1.92. The van der Waals surface area contributed by atoms with Crippen molar-refractivity contribution in [2.24, 2.45) is 0 Å². The van der Waals surface area contributed by atoms with Crippen molar-refractivity contribution in [3.63, 3.8) is 0 Å². The maximum atomic E-state index is 12.8. The molecule has 0 radical (unpaired) electrons. The van der Waals surface area contributed by atoms with Gasteiger partial charge in [-0.05, 0) is 37.7 Å². The van der Waals surface area contributed by atoms with Crippen LogP contribution in [0.3, 0.4) is 0 Å². The van der Waals surface area contributed by atoms with Crippen molar-refractivity contribution >= 4 is 17.7 Å². The number of benzene rings is 1. The average Bonchev–Trinajstić information content (AvgIpc) is 2.89. The van der Waals surface area contributed by atoms with Gasteiger partial charge in [0.05, 0.1) is 17.9 Å². The van der Waals surface area contributed by atoms with Gasteiger partial charge in [0.25, 0.3) is 0 Å². The Hall–Kier alpha value is -2.36. The van der Waals surface area contributed by atoms with Gasteiger partial charge in [-0.15, -0.1) is 4.85 Å². The van der Waals surface area contributed by atoms with E-state index in [1.807, 2.05) is 0 Å². The lowest BCUT2D eigenvalue weighted by Crippen LogP contribution is -2.15. The summed E-state index contributed by atoms with van der Waals surface area (Å²) in [5, 5.41) is 12.7. The van der Waals surface area contributed by atoms with Crippen LogP contribution in [0.1, 0.15) is 29.8 Å². The summed E-state index contributed by atoms with van der Waals surface area (Å²) >= 11 is -0.345. The molecular weight excluding hydrogens is 361 g/mol. The van der Waals surface area contributed by atoms with Crippen LogP contribution in [0.25, 0.3) is 0 Å². The van der Waals surface area contributed by atoms with E-state index in [1.165, 1.54) is 30.5 Å². The standard InChI is InChI=1S/C15H15F3N2O4S/c1-9(2)24-14(21)10-4-3-5-12(25-15(16,17)18)11(10)8-23-13-6-7-20(22)19-13/h3-7,9,22H,8H2,1-2H3. The van der Waals surface area contributed by atoms with Crippen molar-refractivity contribution in [3.8, 4) is 5.88 Å². The molecule has 0 spiro atoms. The molecule has 0 atom stereocenters. The highest BCUT2D eigenvalue weighted by atomic mass is 32.2. The highest BCUT2D eigenvalue weighted by Crippen LogP contribution is 2.39. The van der Waals surface area contributed by atoms with Gasteiger partial charge in [0.15, 0.2) is 0 Å². The van der Waals surface area contributed by atoms with E-state index in [9.17, 15) is 18.0 Å². The molecule has 1 N–H and O–H groups in total. The van der Waals surface area contributed by atoms with E-state index >= 15 is 0 Å². The summed E-state index contributed by atoms with van der Waals surface area (Å²) in [5.74, 6) is -0.747. The number of carbonyl (C=O) groups excluding carboxylic acids is 1. The molecule has 25 heavy (non-hydrogen) atoms. The number of nitrogens with zero attached hydrogens (tertiary/aromatic N) is 2. The van der Waals surface area contributed by atoms with Gasteiger partial charge in [-0.1, -0.05) is 11.2 Å². The summed E-state index contributed by atoms with van der Waals surface area (Å²) in [6.45, 7) is 2.92. The Kier molecular flexibility index (Phi) is 5.83. The zero-order valence-electron chi connectivity index (χ0n) is 13.3. The van der Waals surface area contributed by atoms with Crippen LogP contribution < -0.4 is 4.74 Å². The smallest absolute Gasteiger partial charge is 0.446 e. The summed E-state index contributed by atoms with van der Waals surface area (Å²) in [6.07, 6.45) is 0.768. The number of carbonyl (C=O) groups is 1. The highest BCUT2D eigenvalue weighted by molar-refractivity contribution is 8.00. The third-order valence-electron chi connectivity index (χ3n) is 2.84. The largest absolute Gasteiger partial charge is 0.472 e. The molecule has 0 aliphatic heterocycles. The Labute approximate surface area is 145 Å². The zero-order chi connectivity index (χ0) is 18.6. The molecule has 0 aliphatic carbocycles. The molecule has 0 saturated heterocycles. The molecule has 2 rings (SSSR count). The second-order valence-corrected chi connectivity index (χ2v) is 6.25. The fraction of sp³-hybridized carbons (Fsp3) is 0.333. The van der Waals surface area contributed by atoms with Gasteiger partial charge in [-0.3, -0.25) is 0 Å². The number of aromatic nitrogens is 2. The highest BCUT2D eigenvalue weighted by Gasteiger charge is 2.32. The molecule has 1 aromatic heterocycles. The maximum absolute atomic E-state index is 12.8. The van der Waals surface area contributed by atoms with Crippen LogP contribution in [0.2, 0.25) is 0 Å². The van der Waals surface area contributed by atoms with Crippen LogP contribution in [0.5, 0.6) is 5.88 Å². The van der Waals surface area contributed by atoms with E-state index in [2.05, 4.69) is 5.10 Å². The van der Waals surface area contributed by atoms with E-state index in [0.29, 0.717) is 4.85 Å². The number of hydrogen-bond donors (Lipinski definition) is 1. The lowest BCUT2D eigenvalue weighted by molar-refractivity contribution is -0.0328. The SMILES string of the molecule is CC(C)OC(=O)c1cccc(SC(F)(F)F)c1COc1ccn(O)n1. The van der Waals surface area contributed by atoms with E-state index < -0.39 is 17.6 Å². The Bertz CT molecular complexity index is 747. The average molecular weight is 376 g/mol. The molecule has 0 bridgehead atoms. The van der Waals surface area contributed by atoms with Crippen LogP contribution in [0.4, 0.5) is 13.2 Å². The first kappa shape index (κ1) is 19.0. The first-order valence-corrected chi connectivity index (χ1v) is 7.93. The van der Waals surface area contributed by atoms with Gasteiger partial charge >= 0.3 is 11.5 Å². The molecule has 136 valence electrons. The summed E-state index contributed by atoms with van der Waals surface area (Å²) < 4.78 is 48.7. The number of esters is 1. The molecule has 0 saturated carbocycles. The van der Waals surface area contributed by atoms with Crippen molar-refractivity contribution in [2.75, 3.05) is 0 Å². The molecule has 6 nitrogen and oxygen atoms in total. The molecule has 0 unspecified atom stereocenters. The second kappa shape index (κ2) is 7.68. The number of halogens is 3. The van der Waals surface area contributed by atoms with E-state index in [1.54, 1.807) is 13.8 Å². The van der Waals surface area contributed by atoms with Crippen molar-refractivity contribution in [3.05, 3.63) is 41.6 Å². The first-order valence-electron chi connectivity index (χ1n) is 7.12. The van der Waals surface area contributed by atoms with Crippen LogP contribution >= 0.6 is 11.8 Å². The van der Waals surface area contributed by atoms with Gasteiger partial charge < -0.3 is 14.7 Å². The Balaban J connectivity index is 2.34. The van der Waals surface area contributed by atoms with Crippen LogP contribution in [-0.2, 0) is 11.3 Å². The molecule has 0 fully saturated rings. The first-order chi connectivity index (χ1) is 11.7. The number of alkyl halides is 3. The molecular formula is C15H15F3N2O4S. The molecule has 1 aromatic carbocycles. The number of hydrogen-bond acceptors (Lipinski definition) is 6. The summed E-state index contributed by atoms with van der Waals surface area (Å²) in [4.78, 5) is 12.5. The number of thioether (sulfide) groups is 1. The normalized spacial score (nSPS) is 11.6. The minimum atomic E-state index is -4.53. The maximum Gasteiger partial charge on any atom is 0.446 e. The summed E-state index contributed by atoms with van der Waals surface area (Å²) in [6, 6.07) is 5.28. The minimum Gasteiger partial charge on any atom is -0.472 e. The second-order valence-electron chi connectivity index (χ2n) is 5.15.